The van der Waals surface area contributed by atoms with Crippen molar-refractivity contribution in [3.63, 3.8) is 0 Å². The van der Waals surface area contributed by atoms with Crippen molar-refractivity contribution in [1.82, 2.24) is 5.32 Å². The first-order valence-corrected chi connectivity index (χ1v) is 6.15. The SMILES string of the molecule is O=C(NCCOCC(F)(F)F)c1ccccc1I. The summed E-state index contributed by atoms with van der Waals surface area (Å²) in [6.45, 7) is -1.43. The lowest BCUT2D eigenvalue weighted by Crippen LogP contribution is -2.29. The number of hydrogen-bond donors (Lipinski definition) is 1. The minimum atomic E-state index is -4.33. The molecule has 0 unspecified atom stereocenters. The van der Waals surface area contributed by atoms with Gasteiger partial charge in [-0.1, -0.05) is 12.1 Å². The van der Waals surface area contributed by atoms with Crippen LogP contribution in [-0.4, -0.2) is 31.8 Å². The van der Waals surface area contributed by atoms with Gasteiger partial charge in [-0.2, -0.15) is 13.2 Å². The molecule has 0 heterocycles. The van der Waals surface area contributed by atoms with E-state index in [1.165, 1.54) is 0 Å². The molecule has 1 aromatic carbocycles. The van der Waals surface area contributed by atoms with Crippen LogP contribution < -0.4 is 5.32 Å². The smallest absolute Gasteiger partial charge is 0.370 e. The molecule has 0 spiro atoms. The molecule has 1 amide bonds. The van der Waals surface area contributed by atoms with Crippen LogP contribution in [0.25, 0.3) is 0 Å². The summed E-state index contributed by atoms with van der Waals surface area (Å²) >= 11 is 2.01. The van der Waals surface area contributed by atoms with Gasteiger partial charge >= 0.3 is 6.18 Å². The summed E-state index contributed by atoms with van der Waals surface area (Å²) in [4.78, 5) is 11.6. The van der Waals surface area contributed by atoms with Gasteiger partial charge in [-0.05, 0) is 34.7 Å². The van der Waals surface area contributed by atoms with Crippen LogP contribution in [0.15, 0.2) is 24.3 Å². The minimum absolute atomic E-state index is 0.0416. The van der Waals surface area contributed by atoms with Gasteiger partial charge in [-0.15, -0.1) is 0 Å². The molecule has 100 valence electrons. The first-order chi connectivity index (χ1) is 8.40. The fourth-order valence-electron chi connectivity index (χ4n) is 1.17. The lowest BCUT2D eigenvalue weighted by atomic mass is 10.2. The monoisotopic (exact) mass is 373 g/mol. The maximum atomic E-state index is 11.7. The maximum absolute atomic E-state index is 11.7. The molecule has 0 aliphatic heterocycles. The molecule has 0 aromatic heterocycles. The summed E-state index contributed by atoms with van der Waals surface area (Å²) < 4.78 is 40.4. The highest BCUT2D eigenvalue weighted by Gasteiger charge is 2.27. The van der Waals surface area contributed by atoms with Crippen molar-refractivity contribution in [1.29, 1.82) is 0 Å². The Hall–Kier alpha value is -0.830. The van der Waals surface area contributed by atoms with Gasteiger partial charge in [0.2, 0.25) is 0 Å². The second-order valence-corrected chi connectivity index (χ2v) is 4.57. The molecule has 1 aromatic rings. The number of benzene rings is 1. The lowest BCUT2D eigenvalue weighted by Gasteiger charge is -2.09. The number of halogens is 4. The molecule has 18 heavy (non-hydrogen) atoms. The third-order valence-electron chi connectivity index (χ3n) is 1.92. The van der Waals surface area contributed by atoms with Crippen molar-refractivity contribution in [2.24, 2.45) is 0 Å². The number of amides is 1. The Balaban J connectivity index is 2.28. The van der Waals surface area contributed by atoms with Crippen LogP contribution in [-0.2, 0) is 4.74 Å². The zero-order valence-corrected chi connectivity index (χ0v) is 11.4. The maximum Gasteiger partial charge on any atom is 0.411 e. The summed E-state index contributed by atoms with van der Waals surface area (Å²) in [5, 5.41) is 2.49. The van der Waals surface area contributed by atoms with Gasteiger partial charge in [-0.3, -0.25) is 4.79 Å². The first-order valence-electron chi connectivity index (χ1n) is 5.07. The van der Waals surface area contributed by atoms with E-state index in [9.17, 15) is 18.0 Å². The third-order valence-corrected chi connectivity index (χ3v) is 2.86. The number of carbonyl (C=O) groups excluding carboxylic acids is 1. The molecular weight excluding hydrogens is 362 g/mol. The van der Waals surface area contributed by atoms with Crippen molar-refractivity contribution in [3.05, 3.63) is 33.4 Å². The number of nitrogens with one attached hydrogen (secondary N) is 1. The zero-order valence-electron chi connectivity index (χ0n) is 9.26. The quantitative estimate of drug-likeness (QED) is 0.637. The number of alkyl halides is 3. The molecule has 0 saturated carbocycles. The molecule has 7 heteroatoms. The van der Waals surface area contributed by atoms with Gasteiger partial charge < -0.3 is 10.1 Å². The van der Waals surface area contributed by atoms with E-state index in [4.69, 9.17) is 0 Å². The summed E-state index contributed by atoms with van der Waals surface area (Å²) in [5.74, 6) is -0.324. The highest BCUT2D eigenvalue weighted by Crippen LogP contribution is 2.14. The molecule has 3 nitrogen and oxygen atoms in total. The first kappa shape index (κ1) is 15.2. The van der Waals surface area contributed by atoms with Crippen LogP contribution in [0.1, 0.15) is 10.4 Å². The van der Waals surface area contributed by atoms with E-state index in [1.54, 1.807) is 24.3 Å². The summed E-state index contributed by atoms with van der Waals surface area (Å²) in [5.41, 5.74) is 0.494. The minimum Gasteiger partial charge on any atom is -0.370 e. The van der Waals surface area contributed by atoms with Crippen LogP contribution in [0.4, 0.5) is 13.2 Å². The van der Waals surface area contributed by atoms with Gasteiger partial charge in [0.25, 0.3) is 5.91 Å². The Morgan fingerprint density at radius 3 is 2.61 bits per heavy atom. The molecule has 0 aliphatic rings. The molecule has 0 bridgehead atoms. The largest absolute Gasteiger partial charge is 0.411 e. The standard InChI is InChI=1S/C11H11F3INO2/c12-11(13,14)7-18-6-5-16-10(17)8-3-1-2-4-9(8)15/h1-4H,5-7H2,(H,16,17). The van der Waals surface area contributed by atoms with Crippen LogP contribution in [0.3, 0.4) is 0 Å². The van der Waals surface area contributed by atoms with E-state index in [2.05, 4.69) is 10.1 Å². The molecular formula is C11H11F3INO2. The van der Waals surface area contributed by atoms with Crippen molar-refractivity contribution in [2.45, 2.75) is 6.18 Å². The van der Waals surface area contributed by atoms with Crippen molar-refractivity contribution >= 4 is 28.5 Å². The Morgan fingerprint density at radius 1 is 1.33 bits per heavy atom. The van der Waals surface area contributed by atoms with E-state index < -0.39 is 12.8 Å². The van der Waals surface area contributed by atoms with E-state index in [0.29, 0.717) is 5.56 Å². The molecule has 1 rings (SSSR count). The molecule has 1 N–H and O–H groups in total. The van der Waals surface area contributed by atoms with Gasteiger partial charge in [0.1, 0.15) is 6.61 Å². The van der Waals surface area contributed by atoms with Crippen molar-refractivity contribution < 1.29 is 22.7 Å². The predicted molar refractivity (Wildman–Crippen MR) is 68.4 cm³/mol. The van der Waals surface area contributed by atoms with Gasteiger partial charge in [-0.25, -0.2) is 0 Å². The van der Waals surface area contributed by atoms with Crippen LogP contribution in [0, 0.1) is 3.57 Å². The van der Waals surface area contributed by atoms with E-state index in [1.807, 2.05) is 22.6 Å². The van der Waals surface area contributed by atoms with Gasteiger partial charge in [0, 0.05) is 10.1 Å². The van der Waals surface area contributed by atoms with Crippen molar-refractivity contribution in [2.75, 3.05) is 19.8 Å². The normalized spacial score (nSPS) is 11.3. The summed E-state index contributed by atoms with van der Waals surface area (Å²) in [6, 6.07) is 6.94. The molecule has 0 saturated heterocycles. The van der Waals surface area contributed by atoms with E-state index >= 15 is 0 Å². The fourth-order valence-corrected chi connectivity index (χ4v) is 1.80. The summed E-state index contributed by atoms with van der Waals surface area (Å²) in [6.07, 6.45) is -4.33. The topological polar surface area (TPSA) is 38.3 Å². The second kappa shape index (κ2) is 6.93. The zero-order chi connectivity index (χ0) is 13.6. The average Bonchev–Trinajstić information content (AvgIpc) is 2.27. The van der Waals surface area contributed by atoms with Crippen LogP contribution in [0.2, 0.25) is 0 Å². The Bertz CT molecular complexity index is 410. The number of ether oxygens (including phenoxy) is 1. The number of hydrogen-bond acceptors (Lipinski definition) is 2. The molecule has 0 aliphatic carbocycles. The predicted octanol–water partition coefficient (Wildman–Crippen LogP) is 2.60. The Kier molecular flexibility index (Phi) is 5.86. The number of rotatable bonds is 5. The highest BCUT2D eigenvalue weighted by molar-refractivity contribution is 14.1. The van der Waals surface area contributed by atoms with Crippen LogP contribution in [0.5, 0.6) is 0 Å². The lowest BCUT2D eigenvalue weighted by molar-refractivity contribution is -0.173. The second-order valence-electron chi connectivity index (χ2n) is 3.40. The third kappa shape index (κ3) is 5.67. The van der Waals surface area contributed by atoms with E-state index in [-0.39, 0.29) is 19.1 Å². The van der Waals surface area contributed by atoms with Gasteiger partial charge in [0.05, 0.1) is 12.2 Å². The Labute approximate surface area is 116 Å². The van der Waals surface area contributed by atoms with Crippen molar-refractivity contribution in [3.8, 4) is 0 Å². The Morgan fingerprint density at radius 2 is 2.00 bits per heavy atom. The number of carbonyl (C=O) groups is 1. The van der Waals surface area contributed by atoms with Gasteiger partial charge in [0.15, 0.2) is 0 Å². The fraction of sp³-hybridized carbons (Fsp3) is 0.364. The van der Waals surface area contributed by atoms with Crippen LogP contribution >= 0.6 is 22.6 Å². The highest BCUT2D eigenvalue weighted by atomic mass is 127. The average molecular weight is 373 g/mol. The van der Waals surface area contributed by atoms with E-state index in [0.717, 1.165) is 3.57 Å². The molecule has 0 fully saturated rings. The molecule has 0 radical (unpaired) electrons. The summed E-state index contributed by atoms with van der Waals surface area (Å²) in [7, 11) is 0. The molecule has 0 atom stereocenters.